The van der Waals surface area contributed by atoms with Crippen molar-refractivity contribution in [3.63, 3.8) is 0 Å². The van der Waals surface area contributed by atoms with E-state index in [1.807, 2.05) is 36.6 Å². The van der Waals surface area contributed by atoms with Crippen LogP contribution in [0.3, 0.4) is 0 Å². The largest absolute Gasteiger partial charge is 0.298 e. The number of hydrogen-bond donors (Lipinski definition) is 0. The van der Waals surface area contributed by atoms with E-state index in [0.29, 0.717) is 0 Å². The lowest BCUT2D eigenvalue weighted by atomic mass is 10.1. The second-order valence-electron chi connectivity index (χ2n) is 3.03. The summed E-state index contributed by atoms with van der Waals surface area (Å²) >= 11 is 1.62. The third-order valence-corrected chi connectivity index (χ3v) is 3.11. The van der Waals surface area contributed by atoms with E-state index >= 15 is 0 Å². The van der Waals surface area contributed by atoms with Crippen molar-refractivity contribution in [2.75, 3.05) is 6.26 Å². The fourth-order valence-electron chi connectivity index (χ4n) is 1.58. The highest BCUT2D eigenvalue weighted by Crippen LogP contribution is 2.28. The lowest BCUT2D eigenvalue weighted by Gasteiger charge is -2.05. The molecule has 0 radical (unpaired) electrons. The molecule has 0 bridgehead atoms. The Morgan fingerprint density at radius 1 is 1.14 bits per heavy atom. The summed E-state index contributed by atoms with van der Waals surface area (Å²) in [5.41, 5.74) is 0.774. The molecule has 0 heterocycles. The van der Waals surface area contributed by atoms with Gasteiger partial charge in [0.1, 0.15) is 0 Å². The third kappa shape index (κ3) is 1.42. The number of rotatable bonds is 2. The minimum Gasteiger partial charge on any atom is -0.298 e. The van der Waals surface area contributed by atoms with Gasteiger partial charge in [-0.05, 0) is 23.1 Å². The van der Waals surface area contributed by atoms with E-state index in [-0.39, 0.29) is 0 Å². The number of fused-ring (bicyclic) bond motifs is 1. The van der Waals surface area contributed by atoms with E-state index in [2.05, 4.69) is 6.07 Å². The molecule has 0 fully saturated rings. The van der Waals surface area contributed by atoms with E-state index in [9.17, 15) is 4.79 Å². The molecule has 2 heteroatoms. The van der Waals surface area contributed by atoms with Gasteiger partial charge < -0.3 is 0 Å². The maximum atomic E-state index is 10.8. The van der Waals surface area contributed by atoms with Gasteiger partial charge in [-0.1, -0.05) is 30.3 Å². The van der Waals surface area contributed by atoms with Crippen LogP contribution in [-0.4, -0.2) is 12.5 Å². The molecule has 2 aromatic carbocycles. The van der Waals surface area contributed by atoms with E-state index < -0.39 is 0 Å². The van der Waals surface area contributed by atoms with Crippen LogP contribution in [0.5, 0.6) is 0 Å². The van der Waals surface area contributed by atoms with Crippen molar-refractivity contribution >= 4 is 28.8 Å². The molecular weight excluding hydrogens is 192 g/mol. The lowest BCUT2D eigenvalue weighted by Crippen LogP contribution is -1.86. The van der Waals surface area contributed by atoms with E-state index in [0.717, 1.165) is 22.1 Å². The van der Waals surface area contributed by atoms with E-state index in [1.54, 1.807) is 11.8 Å². The van der Waals surface area contributed by atoms with Crippen LogP contribution < -0.4 is 0 Å². The highest BCUT2D eigenvalue weighted by Gasteiger charge is 2.04. The topological polar surface area (TPSA) is 17.1 Å². The Kier molecular flexibility index (Phi) is 2.55. The van der Waals surface area contributed by atoms with Crippen molar-refractivity contribution in [1.29, 1.82) is 0 Å². The zero-order valence-corrected chi connectivity index (χ0v) is 8.67. The molecule has 0 aliphatic rings. The second-order valence-corrected chi connectivity index (χ2v) is 3.84. The quantitative estimate of drug-likeness (QED) is 0.548. The maximum Gasteiger partial charge on any atom is 0.151 e. The van der Waals surface area contributed by atoms with Crippen LogP contribution in [0.4, 0.5) is 0 Å². The Hall–Kier alpha value is -1.28. The predicted molar refractivity (Wildman–Crippen MR) is 61.1 cm³/mol. The standard InChI is InChI=1S/C12H10OS/c1-14-12-10(8-13)7-6-9-4-2-3-5-11(9)12/h2-8H,1H3. The molecular formula is C12H10OS. The molecule has 0 saturated carbocycles. The summed E-state index contributed by atoms with van der Waals surface area (Å²) in [4.78, 5) is 11.9. The van der Waals surface area contributed by atoms with Crippen LogP contribution in [0, 0.1) is 0 Å². The van der Waals surface area contributed by atoms with Gasteiger partial charge in [0.2, 0.25) is 0 Å². The average Bonchev–Trinajstić information content (AvgIpc) is 2.27. The van der Waals surface area contributed by atoms with E-state index in [4.69, 9.17) is 0 Å². The summed E-state index contributed by atoms with van der Waals surface area (Å²) < 4.78 is 0. The zero-order valence-electron chi connectivity index (χ0n) is 7.86. The van der Waals surface area contributed by atoms with Crippen LogP contribution in [0.2, 0.25) is 0 Å². The molecule has 0 aliphatic heterocycles. The van der Waals surface area contributed by atoms with Gasteiger partial charge in [-0.25, -0.2) is 0 Å². The molecule has 0 aromatic heterocycles. The maximum absolute atomic E-state index is 10.8. The molecule has 2 rings (SSSR count). The minimum atomic E-state index is 0.774. The van der Waals surface area contributed by atoms with Gasteiger partial charge >= 0.3 is 0 Å². The molecule has 0 N–H and O–H groups in total. The summed E-state index contributed by atoms with van der Waals surface area (Å²) in [5.74, 6) is 0. The van der Waals surface area contributed by atoms with Crippen molar-refractivity contribution in [3.05, 3.63) is 42.0 Å². The normalized spacial score (nSPS) is 10.4. The Labute approximate surface area is 87.1 Å². The van der Waals surface area contributed by atoms with Crippen molar-refractivity contribution < 1.29 is 4.79 Å². The molecule has 0 amide bonds. The van der Waals surface area contributed by atoms with Gasteiger partial charge in [-0.15, -0.1) is 11.8 Å². The summed E-state index contributed by atoms with van der Waals surface area (Å²) in [7, 11) is 0. The van der Waals surface area contributed by atoms with Crippen LogP contribution in [0.1, 0.15) is 10.4 Å². The first kappa shape index (κ1) is 9.28. The van der Waals surface area contributed by atoms with Crippen LogP contribution >= 0.6 is 11.8 Å². The lowest BCUT2D eigenvalue weighted by molar-refractivity contribution is 0.112. The molecule has 14 heavy (non-hydrogen) atoms. The van der Waals surface area contributed by atoms with Gasteiger partial charge in [-0.3, -0.25) is 4.79 Å². The molecule has 0 saturated heterocycles. The summed E-state index contributed by atoms with van der Waals surface area (Å²) in [6, 6.07) is 12.0. The first-order chi connectivity index (χ1) is 6.86. The van der Waals surface area contributed by atoms with Gasteiger partial charge in [0.05, 0.1) is 0 Å². The van der Waals surface area contributed by atoms with Gasteiger partial charge in [0.15, 0.2) is 6.29 Å². The Morgan fingerprint density at radius 3 is 2.64 bits per heavy atom. The molecule has 70 valence electrons. The molecule has 2 aromatic rings. The number of carbonyl (C=O) groups excluding carboxylic acids is 1. The monoisotopic (exact) mass is 202 g/mol. The predicted octanol–water partition coefficient (Wildman–Crippen LogP) is 3.37. The molecule has 0 aliphatic carbocycles. The number of hydrogen-bond acceptors (Lipinski definition) is 2. The smallest absolute Gasteiger partial charge is 0.151 e. The Balaban J connectivity index is 2.83. The highest BCUT2D eigenvalue weighted by atomic mass is 32.2. The first-order valence-electron chi connectivity index (χ1n) is 4.37. The highest BCUT2D eigenvalue weighted by molar-refractivity contribution is 7.98. The molecule has 0 spiro atoms. The third-order valence-electron chi connectivity index (χ3n) is 2.24. The fraction of sp³-hybridized carbons (Fsp3) is 0.0833. The molecule has 0 atom stereocenters. The molecule has 1 nitrogen and oxygen atoms in total. The SMILES string of the molecule is CSc1c(C=O)ccc2ccccc12. The van der Waals surface area contributed by atoms with Gasteiger partial charge in [0.25, 0.3) is 0 Å². The number of aldehydes is 1. The van der Waals surface area contributed by atoms with Crippen molar-refractivity contribution in [3.8, 4) is 0 Å². The molecule has 0 unspecified atom stereocenters. The van der Waals surface area contributed by atoms with Crippen LogP contribution in [0.15, 0.2) is 41.3 Å². The van der Waals surface area contributed by atoms with Crippen LogP contribution in [-0.2, 0) is 0 Å². The Morgan fingerprint density at radius 2 is 1.93 bits per heavy atom. The van der Waals surface area contributed by atoms with Crippen molar-refractivity contribution in [2.45, 2.75) is 4.90 Å². The second kappa shape index (κ2) is 3.84. The van der Waals surface area contributed by atoms with Crippen LogP contribution in [0.25, 0.3) is 10.8 Å². The summed E-state index contributed by atoms with van der Waals surface area (Å²) in [6.45, 7) is 0. The van der Waals surface area contributed by atoms with Gasteiger partial charge in [0, 0.05) is 10.5 Å². The van der Waals surface area contributed by atoms with Crippen molar-refractivity contribution in [2.24, 2.45) is 0 Å². The van der Waals surface area contributed by atoms with Crippen molar-refractivity contribution in [1.82, 2.24) is 0 Å². The fourth-order valence-corrected chi connectivity index (χ4v) is 2.34. The zero-order chi connectivity index (χ0) is 9.97. The minimum absolute atomic E-state index is 0.774. The summed E-state index contributed by atoms with van der Waals surface area (Å²) in [6.07, 6.45) is 2.91. The Bertz CT molecular complexity index is 477. The number of carbonyl (C=O) groups is 1. The summed E-state index contributed by atoms with van der Waals surface area (Å²) in [5, 5.41) is 2.34. The number of benzene rings is 2. The van der Waals surface area contributed by atoms with Gasteiger partial charge in [-0.2, -0.15) is 0 Å². The average molecular weight is 202 g/mol. The van der Waals surface area contributed by atoms with E-state index in [1.165, 1.54) is 5.39 Å². The number of thioether (sulfide) groups is 1. The first-order valence-corrected chi connectivity index (χ1v) is 5.60.